The van der Waals surface area contributed by atoms with Crippen molar-refractivity contribution in [3.8, 4) is 0 Å². The van der Waals surface area contributed by atoms with Crippen LogP contribution in [0.2, 0.25) is 0 Å². The third-order valence-corrected chi connectivity index (χ3v) is 3.16. The molecule has 0 spiro atoms. The maximum absolute atomic E-state index is 5.34. The molecule has 0 bridgehead atoms. The summed E-state index contributed by atoms with van der Waals surface area (Å²) in [6.45, 7) is 9.10. The lowest BCUT2D eigenvalue weighted by Gasteiger charge is -2.38. The third kappa shape index (κ3) is 2.93. The van der Waals surface area contributed by atoms with Gasteiger partial charge in [0.25, 0.3) is 0 Å². The van der Waals surface area contributed by atoms with E-state index in [1.165, 1.54) is 26.2 Å². The fourth-order valence-electron chi connectivity index (χ4n) is 1.72. The number of methoxy groups -OCH3 is 1. The molecule has 0 aliphatic carbocycles. The van der Waals surface area contributed by atoms with Crippen molar-refractivity contribution >= 4 is 0 Å². The smallest absolute Gasteiger partial charge is 0.0695 e. The van der Waals surface area contributed by atoms with Crippen LogP contribution >= 0.6 is 0 Å². The molecule has 3 heteroatoms. The number of ether oxygens (including phenoxy) is 1. The van der Waals surface area contributed by atoms with E-state index in [2.05, 4.69) is 30.7 Å². The van der Waals surface area contributed by atoms with E-state index >= 15 is 0 Å². The Hall–Kier alpha value is -0.120. The molecule has 1 aliphatic heterocycles. The van der Waals surface area contributed by atoms with Crippen LogP contribution in [0.1, 0.15) is 13.8 Å². The van der Waals surface area contributed by atoms with Crippen LogP contribution in [0.25, 0.3) is 0 Å². The summed E-state index contributed by atoms with van der Waals surface area (Å²) in [5.74, 6) is 0. The van der Waals surface area contributed by atoms with Gasteiger partial charge in [-0.15, -0.1) is 0 Å². The molecule has 1 saturated heterocycles. The van der Waals surface area contributed by atoms with Gasteiger partial charge in [-0.3, -0.25) is 4.90 Å². The lowest BCUT2D eigenvalue weighted by atomic mass is 10.1. The van der Waals surface area contributed by atoms with Crippen molar-refractivity contribution < 1.29 is 4.74 Å². The molecule has 0 saturated carbocycles. The Bertz CT molecular complexity index is 144. The van der Waals surface area contributed by atoms with Gasteiger partial charge in [-0.2, -0.15) is 0 Å². The average Bonchev–Trinajstić information content (AvgIpc) is 2.17. The van der Waals surface area contributed by atoms with Gasteiger partial charge in [-0.25, -0.2) is 0 Å². The van der Waals surface area contributed by atoms with Gasteiger partial charge in [-0.1, -0.05) is 0 Å². The summed E-state index contributed by atoms with van der Waals surface area (Å²) in [5, 5.41) is 0. The Morgan fingerprint density at radius 1 is 1.08 bits per heavy atom. The molecular weight excluding hydrogens is 164 g/mol. The van der Waals surface area contributed by atoms with Crippen LogP contribution in [0.3, 0.4) is 0 Å². The zero-order valence-corrected chi connectivity index (χ0v) is 9.29. The molecule has 1 aliphatic rings. The zero-order valence-electron chi connectivity index (χ0n) is 9.29. The molecule has 0 N–H and O–H groups in total. The highest BCUT2D eigenvalue weighted by Crippen LogP contribution is 2.09. The molecule has 1 rings (SSSR count). The van der Waals surface area contributed by atoms with E-state index in [0.717, 1.165) is 0 Å². The number of nitrogens with zero attached hydrogens (tertiary/aromatic N) is 2. The van der Waals surface area contributed by atoms with Crippen molar-refractivity contribution in [1.29, 1.82) is 0 Å². The van der Waals surface area contributed by atoms with E-state index in [1.54, 1.807) is 7.11 Å². The monoisotopic (exact) mass is 186 g/mol. The van der Waals surface area contributed by atoms with E-state index in [9.17, 15) is 0 Å². The summed E-state index contributed by atoms with van der Waals surface area (Å²) >= 11 is 0. The van der Waals surface area contributed by atoms with E-state index in [-0.39, 0.29) is 0 Å². The Balaban J connectivity index is 2.35. The predicted octanol–water partition coefficient (Wildman–Crippen LogP) is 0.657. The highest BCUT2D eigenvalue weighted by Gasteiger charge is 2.22. The number of hydrogen-bond acceptors (Lipinski definition) is 3. The van der Waals surface area contributed by atoms with Gasteiger partial charge >= 0.3 is 0 Å². The molecule has 3 nitrogen and oxygen atoms in total. The fraction of sp³-hybridized carbons (Fsp3) is 1.00. The van der Waals surface area contributed by atoms with Crippen LogP contribution in [-0.2, 0) is 4.74 Å². The minimum atomic E-state index is 0.336. The lowest BCUT2D eigenvalue weighted by molar-refractivity contribution is 0.0146. The maximum atomic E-state index is 5.34. The second-order valence-corrected chi connectivity index (χ2v) is 4.02. The Morgan fingerprint density at radius 3 is 2.08 bits per heavy atom. The molecule has 1 heterocycles. The van der Waals surface area contributed by atoms with Crippen LogP contribution in [0, 0.1) is 0 Å². The molecule has 2 atom stereocenters. The molecule has 2 unspecified atom stereocenters. The molecule has 78 valence electrons. The molecule has 0 amide bonds. The molecule has 0 aromatic rings. The summed E-state index contributed by atoms with van der Waals surface area (Å²) in [6.07, 6.45) is 0.336. The standard InChI is InChI=1S/C10H22N2O/c1-9(10(2)13-4)12-7-5-11(3)6-8-12/h9-10H,5-8H2,1-4H3. The molecular formula is C10H22N2O. The number of likely N-dealkylation sites (N-methyl/N-ethyl adjacent to an activating group) is 1. The van der Waals surface area contributed by atoms with Crippen LogP contribution in [0.4, 0.5) is 0 Å². The Morgan fingerprint density at radius 2 is 1.62 bits per heavy atom. The summed E-state index contributed by atoms with van der Waals surface area (Å²) in [5.41, 5.74) is 0. The second-order valence-electron chi connectivity index (χ2n) is 4.02. The van der Waals surface area contributed by atoms with Crippen molar-refractivity contribution in [3.05, 3.63) is 0 Å². The Kier molecular flexibility index (Phi) is 4.16. The molecule has 1 fully saturated rings. The number of piperazine rings is 1. The van der Waals surface area contributed by atoms with Gasteiger partial charge in [0.05, 0.1) is 6.10 Å². The lowest BCUT2D eigenvalue weighted by Crippen LogP contribution is -2.51. The van der Waals surface area contributed by atoms with Gasteiger partial charge < -0.3 is 9.64 Å². The van der Waals surface area contributed by atoms with Crippen molar-refractivity contribution in [1.82, 2.24) is 9.80 Å². The van der Waals surface area contributed by atoms with Gasteiger partial charge in [0.1, 0.15) is 0 Å². The first-order valence-corrected chi connectivity index (χ1v) is 5.10. The fourth-order valence-corrected chi connectivity index (χ4v) is 1.72. The minimum Gasteiger partial charge on any atom is -0.380 e. The largest absolute Gasteiger partial charge is 0.380 e. The van der Waals surface area contributed by atoms with Crippen LogP contribution in [0.5, 0.6) is 0 Å². The predicted molar refractivity (Wildman–Crippen MR) is 55.0 cm³/mol. The SMILES string of the molecule is COC(C)C(C)N1CCN(C)CC1. The van der Waals surface area contributed by atoms with E-state index < -0.39 is 0 Å². The maximum Gasteiger partial charge on any atom is 0.0695 e. The minimum absolute atomic E-state index is 0.336. The van der Waals surface area contributed by atoms with E-state index in [0.29, 0.717) is 12.1 Å². The summed E-state index contributed by atoms with van der Waals surface area (Å²) in [4.78, 5) is 4.88. The number of hydrogen-bond donors (Lipinski definition) is 0. The van der Waals surface area contributed by atoms with Crippen molar-refractivity contribution in [3.63, 3.8) is 0 Å². The van der Waals surface area contributed by atoms with E-state index in [1.807, 2.05) is 0 Å². The molecule has 0 aromatic carbocycles. The van der Waals surface area contributed by atoms with E-state index in [4.69, 9.17) is 4.74 Å². The first-order valence-electron chi connectivity index (χ1n) is 5.10. The summed E-state index contributed by atoms with van der Waals surface area (Å²) < 4.78 is 5.34. The van der Waals surface area contributed by atoms with Gasteiger partial charge in [0.2, 0.25) is 0 Å². The quantitative estimate of drug-likeness (QED) is 0.644. The normalized spacial score (nSPS) is 25.8. The van der Waals surface area contributed by atoms with Crippen LogP contribution < -0.4 is 0 Å². The zero-order chi connectivity index (χ0) is 9.84. The first-order chi connectivity index (χ1) is 6.15. The van der Waals surface area contributed by atoms with Crippen molar-refractivity contribution in [2.24, 2.45) is 0 Å². The molecule has 0 aromatic heterocycles. The molecule has 13 heavy (non-hydrogen) atoms. The van der Waals surface area contributed by atoms with Gasteiger partial charge in [-0.05, 0) is 20.9 Å². The average molecular weight is 186 g/mol. The van der Waals surface area contributed by atoms with Crippen LogP contribution in [0.15, 0.2) is 0 Å². The number of rotatable bonds is 3. The summed E-state index contributed by atoms with van der Waals surface area (Å²) in [6, 6.07) is 0.540. The second kappa shape index (κ2) is 4.94. The third-order valence-electron chi connectivity index (χ3n) is 3.16. The summed E-state index contributed by atoms with van der Waals surface area (Å²) in [7, 11) is 3.97. The first kappa shape index (κ1) is 11.0. The van der Waals surface area contributed by atoms with Crippen molar-refractivity contribution in [2.75, 3.05) is 40.3 Å². The van der Waals surface area contributed by atoms with Crippen LogP contribution in [-0.4, -0.2) is 62.3 Å². The highest BCUT2D eigenvalue weighted by atomic mass is 16.5. The Labute approximate surface area is 81.7 Å². The van der Waals surface area contributed by atoms with Gasteiger partial charge in [0, 0.05) is 39.3 Å². The van der Waals surface area contributed by atoms with Crippen molar-refractivity contribution in [2.45, 2.75) is 26.0 Å². The van der Waals surface area contributed by atoms with Gasteiger partial charge in [0.15, 0.2) is 0 Å². The topological polar surface area (TPSA) is 15.7 Å². The molecule has 0 radical (unpaired) electrons. The highest BCUT2D eigenvalue weighted by molar-refractivity contribution is 4.78.